The first-order valence-electron chi connectivity index (χ1n) is 11.9. The van der Waals surface area contributed by atoms with E-state index in [1.54, 1.807) is 6.20 Å². The molecule has 0 bridgehead atoms. The lowest BCUT2D eigenvalue weighted by Gasteiger charge is -2.23. The highest BCUT2D eigenvalue weighted by Gasteiger charge is 2.17. The van der Waals surface area contributed by atoms with Crippen molar-refractivity contribution in [2.45, 2.75) is 90.9 Å². The van der Waals surface area contributed by atoms with Gasteiger partial charge in [0.15, 0.2) is 0 Å². The number of aromatic nitrogens is 1. The molecule has 1 heterocycles. The molecule has 0 atom stereocenters. The normalized spacial score (nSPS) is 11.1. The molecule has 1 aromatic heterocycles. The lowest BCUT2D eigenvalue weighted by Crippen LogP contribution is -2.33. The third-order valence-corrected chi connectivity index (χ3v) is 5.76. The number of fused-ring (bicyclic) bond motifs is 1. The number of carbonyl (C=O) groups excluding carboxylic acids is 1. The lowest BCUT2D eigenvalue weighted by molar-refractivity contribution is 0.0751. The molecule has 1 aromatic carbocycles. The summed E-state index contributed by atoms with van der Waals surface area (Å²) in [5.41, 5.74) is 0.799. The van der Waals surface area contributed by atoms with Crippen LogP contribution in [0.25, 0.3) is 10.8 Å². The van der Waals surface area contributed by atoms with Crippen LogP contribution in [0.15, 0.2) is 36.7 Å². The summed E-state index contributed by atoms with van der Waals surface area (Å²) in [6.45, 7) is 6.24. The van der Waals surface area contributed by atoms with E-state index in [0.29, 0.717) is 0 Å². The number of unbranched alkanes of at least 4 members (excludes halogenated alkanes) is 10. The van der Waals surface area contributed by atoms with Gasteiger partial charge < -0.3 is 4.90 Å². The van der Waals surface area contributed by atoms with E-state index in [1.807, 2.05) is 24.4 Å². The van der Waals surface area contributed by atoms with Crippen LogP contribution in [-0.2, 0) is 0 Å². The number of hydrogen-bond acceptors (Lipinski definition) is 2. The van der Waals surface area contributed by atoms with Gasteiger partial charge in [0.2, 0.25) is 0 Å². The van der Waals surface area contributed by atoms with Crippen LogP contribution in [0.5, 0.6) is 0 Å². The van der Waals surface area contributed by atoms with Crippen molar-refractivity contribution in [3.05, 3.63) is 42.2 Å². The maximum absolute atomic E-state index is 13.4. The van der Waals surface area contributed by atoms with Crippen molar-refractivity contribution in [1.82, 2.24) is 9.88 Å². The summed E-state index contributed by atoms with van der Waals surface area (Å²) in [5, 5.41) is 2.06. The summed E-state index contributed by atoms with van der Waals surface area (Å²) >= 11 is 0. The van der Waals surface area contributed by atoms with E-state index in [2.05, 4.69) is 29.8 Å². The van der Waals surface area contributed by atoms with Gasteiger partial charge in [-0.1, -0.05) is 90.2 Å². The Morgan fingerprint density at radius 3 is 2.00 bits per heavy atom. The van der Waals surface area contributed by atoms with Crippen molar-refractivity contribution in [2.75, 3.05) is 13.1 Å². The Bertz CT molecular complexity index is 691. The maximum Gasteiger partial charge on any atom is 0.254 e. The third-order valence-electron chi connectivity index (χ3n) is 5.76. The molecule has 0 unspecified atom stereocenters. The largest absolute Gasteiger partial charge is 0.339 e. The lowest BCUT2D eigenvalue weighted by atomic mass is 10.0. The molecule has 160 valence electrons. The van der Waals surface area contributed by atoms with Gasteiger partial charge in [-0.3, -0.25) is 9.78 Å². The zero-order valence-electron chi connectivity index (χ0n) is 18.7. The molecule has 3 heteroatoms. The minimum Gasteiger partial charge on any atom is -0.339 e. The fourth-order valence-electron chi connectivity index (χ4n) is 3.95. The van der Waals surface area contributed by atoms with Crippen LogP contribution in [0.4, 0.5) is 0 Å². The molecular formula is C26H40N2O. The fraction of sp³-hybridized carbons (Fsp3) is 0.615. The number of rotatable bonds is 15. The van der Waals surface area contributed by atoms with Crippen LogP contribution in [0.3, 0.4) is 0 Å². The molecule has 2 rings (SSSR count). The van der Waals surface area contributed by atoms with Gasteiger partial charge in [-0.2, -0.15) is 0 Å². The molecule has 1 amide bonds. The summed E-state index contributed by atoms with van der Waals surface area (Å²) in [5.74, 6) is 0.172. The number of carbonyl (C=O) groups is 1. The highest BCUT2D eigenvalue weighted by atomic mass is 16.2. The van der Waals surface area contributed by atoms with E-state index in [-0.39, 0.29) is 5.91 Å². The summed E-state index contributed by atoms with van der Waals surface area (Å²) < 4.78 is 0. The van der Waals surface area contributed by atoms with E-state index in [9.17, 15) is 4.79 Å². The van der Waals surface area contributed by atoms with Crippen LogP contribution in [0, 0.1) is 0 Å². The van der Waals surface area contributed by atoms with Crippen LogP contribution in [0.2, 0.25) is 0 Å². The summed E-state index contributed by atoms with van der Waals surface area (Å²) in [6.07, 6.45) is 18.7. The second-order valence-corrected chi connectivity index (χ2v) is 8.23. The van der Waals surface area contributed by atoms with E-state index >= 15 is 0 Å². The van der Waals surface area contributed by atoms with E-state index in [1.165, 1.54) is 64.2 Å². The molecule has 0 saturated heterocycles. The second-order valence-electron chi connectivity index (χ2n) is 8.23. The highest BCUT2D eigenvalue weighted by molar-refractivity contribution is 6.06. The van der Waals surface area contributed by atoms with Crippen molar-refractivity contribution in [2.24, 2.45) is 0 Å². The van der Waals surface area contributed by atoms with Crippen LogP contribution in [-0.4, -0.2) is 28.9 Å². The first-order valence-corrected chi connectivity index (χ1v) is 11.9. The summed E-state index contributed by atoms with van der Waals surface area (Å²) in [4.78, 5) is 19.7. The number of hydrogen-bond donors (Lipinski definition) is 0. The molecular weight excluding hydrogens is 356 g/mol. The zero-order valence-corrected chi connectivity index (χ0v) is 18.7. The fourth-order valence-corrected chi connectivity index (χ4v) is 3.95. The van der Waals surface area contributed by atoms with Gasteiger partial charge in [0.25, 0.3) is 5.91 Å². The predicted molar refractivity (Wildman–Crippen MR) is 124 cm³/mol. The first kappa shape index (κ1) is 23.4. The van der Waals surface area contributed by atoms with Gasteiger partial charge in [-0.05, 0) is 30.4 Å². The van der Waals surface area contributed by atoms with Crippen molar-refractivity contribution in [3.63, 3.8) is 0 Å². The molecule has 2 aromatic rings. The van der Waals surface area contributed by atoms with E-state index in [4.69, 9.17) is 0 Å². The van der Waals surface area contributed by atoms with E-state index in [0.717, 1.165) is 42.3 Å². The molecule has 0 aliphatic rings. The van der Waals surface area contributed by atoms with Gasteiger partial charge in [-0.15, -0.1) is 0 Å². The Kier molecular flexibility index (Phi) is 11.4. The maximum atomic E-state index is 13.4. The van der Waals surface area contributed by atoms with Crippen molar-refractivity contribution in [3.8, 4) is 0 Å². The quantitative estimate of drug-likeness (QED) is 0.294. The van der Waals surface area contributed by atoms with Gasteiger partial charge >= 0.3 is 0 Å². The zero-order chi connectivity index (χ0) is 20.7. The standard InChI is InChI=1S/C26H40N2O/c1-3-5-7-9-11-13-20-28(21-14-12-10-8-6-4-2)26(29)24-17-15-16-23-18-19-27-22-25(23)24/h15-19,22H,3-14,20-21H2,1-2H3. The van der Waals surface area contributed by atoms with Gasteiger partial charge in [0.05, 0.1) is 0 Å². The number of nitrogens with zero attached hydrogens (tertiary/aromatic N) is 2. The molecule has 3 nitrogen and oxygen atoms in total. The van der Waals surface area contributed by atoms with Gasteiger partial charge in [0, 0.05) is 36.4 Å². The number of pyridine rings is 1. The molecule has 0 fully saturated rings. The third kappa shape index (κ3) is 8.16. The Morgan fingerprint density at radius 2 is 1.38 bits per heavy atom. The minimum atomic E-state index is 0.172. The van der Waals surface area contributed by atoms with Crippen LogP contribution in [0.1, 0.15) is 101 Å². The summed E-state index contributed by atoms with van der Waals surface area (Å²) in [6, 6.07) is 7.99. The van der Waals surface area contributed by atoms with Crippen molar-refractivity contribution >= 4 is 16.7 Å². The first-order chi connectivity index (χ1) is 14.3. The van der Waals surface area contributed by atoms with Crippen molar-refractivity contribution in [1.29, 1.82) is 0 Å². The average Bonchev–Trinajstić information content (AvgIpc) is 2.76. The SMILES string of the molecule is CCCCCCCCN(CCCCCCCC)C(=O)c1cccc2ccncc12. The van der Waals surface area contributed by atoms with Crippen LogP contribution >= 0.6 is 0 Å². The number of amides is 1. The molecule has 29 heavy (non-hydrogen) atoms. The van der Waals surface area contributed by atoms with Gasteiger partial charge in [0.1, 0.15) is 0 Å². The topological polar surface area (TPSA) is 33.2 Å². The Morgan fingerprint density at radius 1 is 0.793 bits per heavy atom. The van der Waals surface area contributed by atoms with Crippen molar-refractivity contribution < 1.29 is 4.79 Å². The van der Waals surface area contributed by atoms with Gasteiger partial charge in [-0.25, -0.2) is 0 Å². The second kappa shape index (κ2) is 14.1. The highest BCUT2D eigenvalue weighted by Crippen LogP contribution is 2.20. The van der Waals surface area contributed by atoms with Crippen LogP contribution < -0.4 is 0 Å². The number of benzene rings is 1. The molecule has 0 aliphatic carbocycles. The average molecular weight is 397 g/mol. The minimum absolute atomic E-state index is 0.172. The molecule has 0 radical (unpaired) electrons. The predicted octanol–water partition coefficient (Wildman–Crippen LogP) is 7.40. The molecule has 0 spiro atoms. The van der Waals surface area contributed by atoms with E-state index < -0.39 is 0 Å². The summed E-state index contributed by atoms with van der Waals surface area (Å²) in [7, 11) is 0. The molecule has 0 aliphatic heterocycles. The Balaban J connectivity index is 1.97. The Hall–Kier alpha value is -1.90. The smallest absolute Gasteiger partial charge is 0.254 e. The molecule has 0 saturated carbocycles. The molecule has 0 N–H and O–H groups in total. The Labute approximate surface area is 177 Å². The monoisotopic (exact) mass is 396 g/mol.